The number of benzene rings is 2. The maximum Gasteiger partial charge on any atom is 0.253 e. The van der Waals surface area contributed by atoms with Crippen LogP contribution in [0.15, 0.2) is 35.2 Å². The minimum Gasteiger partial charge on any atom is -0.491 e. The van der Waals surface area contributed by atoms with Crippen LogP contribution in [-0.4, -0.2) is 55.8 Å². The second kappa shape index (κ2) is 9.01. The van der Waals surface area contributed by atoms with E-state index in [9.17, 15) is 13.2 Å². The molecule has 1 aliphatic heterocycles. The van der Waals surface area contributed by atoms with Crippen molar-refractivity contribution in [3.63, 3.8) is 0 Å². The summed E-state index contributed by atoms with van der Waals surface area (Å²) in [4.78, 5) is 15.0. The van der Waals surface area contributed by atoms with Crippen molar-refractivity contribution in [3.05, 3.63) is 58.1 Å². The second-order valence-electron chi connectivity index (χ2n) is 8.48. The Labute approximate surface area is 185 Å². The fourth-order valence-electron chi connectivity index (χ4n) is 3.96. The van der Waals surface area contributed by atoms with Crippen molar-refractivity contribution in [1.82, 2.24) is 9.21 Å². The lowest BCUT2D eigenvalue weighted by Crippen LogP contribution is -2.50. The minimum atomic E-state index is -3.62. The summed E-state index contributed by atoms with van der Waals surface area (Å²) in [5.74, 6) is 0.633. The van der Waals surface area contributed by atoms with Crippen molar-refractivity contribution < 1.29 is 17.9 Å². The largest absolute Gasteiger partial charge is 0.491 e. The molecule has 0 atom stereocenters. The minimum absolute atomic E-state index is 0.0704. The van der Waals surface area contributed by atoms with Gasteiger partial charge in [-0.3, -0.25) is 4.79 Å². The van der Waals surface area contributed by atoms with Crippen molar-refractivity contribution in [2.75, 3.05) is 26.2 Å². The van der Waals surface area contributed by atoms with Gasteiger partial charge in [-0.15, -0.1) is 0 Å². The van der Waals surface area contributed by atoms with Gasteiger partial charge < -0.3 is 9.64 Å². The van der Waals surface area contributed by atoms with Crippen LogP contribution in [0.2, 0.25) is 0 Å². The maximum atomic E-state index is 13.4. The van der Waals surface area contributed by atoms with Gasteiger partial charge in [-0.05, 0) is 88.1 Å². The standard InChI is InChI=1S/C24H32N2O4S/c1-16(2)30-22-9-7-21(8-10-22)24(27)25-11-13-26(14-12-25)31(28,29)23-19(5)17(3)15-18(4)20(23)6/h7-10,15-16H,11-14H2,1-6H3. The van der Waals surface area contributed by atoms with Crippen LogP contribution in [0.3, 0.4) is 0 Å². The Morgan fingerprint density at radius 1 is 0.903 bits per heavy atom. The molecule has 0 spiro atoms. The lowest BCUT2D eigenvalue weighted by atomic mass is 10.0. The predicted molar refractivity (Wildman–Crippen MR) is 122 cm³/mol. The van der Waals surface area contributed by atoms with Crippen molar-refractivity contribution in [3.8, 4) is 5.75 Å². The van der Waals surface area contributed by atoms with Gasteiger partial charge in [0.05, 0.1) is 11.0 Å². The fourth-order valence-corrected chi connectivity index (χ4v) is 5.96. The van der Waals surface area contributed by atoms with Crippen LogP contribution in [0.1, 0.15) is 46.5 Å². The molecule has 1 aliphatic rings. The average molecular weight is 445 g/mol. The number of ether oxygens (including phenoxy) is 1. The van der Waals surface area contributed by atoms with E-state index in [2.05, 4.69) is 0 Å². The average Bonchev–Trinajstić information content (AvgIpc) is 2.72. The summed E-state index contributed by atoms with van der Waals surface area (Å²) < 4.78 is 34.0. The van der Waals surface area contributed by atoms with Gasteiger partial charge in [0.25, 0.3) is 5.91 Å². The molecule has 0 N–H and O–H groups in total. The molecule has 1 fully saturated rings. The highest BCUT2D eigenvalue weighted by Crippen LogP contribution is 2.29. The van der Waals surface area contributed by atoms with Crippen LogP contribution in [0, 0.1) is 27.7 Å². The Morgan fingerprint density at radius 3 is 1.90 bits per heavy atom. The summed E-state index contributed by atoms with van der Waals surface area (Å²) in [5, 5.41) is 0. The van der Waals surface area contributed by atoms with E-state index in [0.717, 1.165) is 28.0 Å². The van der Waals surface area contributed by atoms with E-state index in [1.807, 2.05) is 47.6 Å². The van der Waals surface area contributed by atoms with Crippen LogP contribution in [-0.2, 0) is 10.0 Å². The highest BCUT2D eigenvalue weighted by Gasteiger charge is 2.33. The quantitative estimate of drug-likeness (QED) is 0.703. The fraction of sp³-hybridized carbons (Fsp3) is 0.458. The molecule has 0 bridgehead atoms. The van der Waals surface area contributed by atoms with Gasteiger partial charge in [-0.2, -0.15) is 4.31 Å². The molecule has 0 unspecified atom stereocenters. The highest BCUT2D eigenvalue weighted by atomic mass is 32.2. The summed E-state index contributed by atoms with van der Waals surface area (Å²) in [6.45, 7) is 12.8. The summed E-state index contributed by atoms with van der Waals surface area (Å²) in [7, 11) is -3.62. The topological polar surface area (TPSA) is 66.9 Å². The summed E-state index contributed by atoms with van der Waals surface area (Å²) >= 11 is 0. The van der Waals surface area contributed by atoms with E-state index in [0.29, 0.717) is 23.5 Å². The van der Waals surface area contributed by atoms with Crippen LogP contribution in [0.5, 0.6) is 5.75 Å². The molecule has 3 rings (SSSR count). The number of carbonyl (C=O) groups excluding carboxylic acids is 1. The normalized spacial score (nSPS) is 15.4. The number of piperazine rings is 1. The first kappa shape index (κ1) is 23.3. The lowest BCUT2D eigenvalue weighted by Gasteiger charge is -2.35. The number of aryl methyl sites for hydroxylation is 2. The zero-order valence-corrected chi connectivity index (χ0v) is 20.0. The van der Waals surface area contributed by atoms with E-state index < -0.39 is 10.0 Å². The van der Waals surface area contributed by atoms with E-state index in [1.54, 1.807) is 29.2 Å². The molecule has 0 aromatic heterocycles. The Bertz CT molecular complexity index is 1040. The van der Waals surface area contributed by atoms with Gasteiger partial charge in [0.15, 0.2) is 0 Å². The molecule has 7 heteroatoms. The molecule has 2 aromatic carbocycles. The predicted octanol–water partition coefficient (Wildman–Crippen LogP) is 3.85. The molecule has 2 aromatic rings. The van der Waals surface area contributed by atoms with E-state index in [-0.39, 0.29) is 25.1 Å². The van der Waals surface area contributed by atoms with Crippen molar-refractivity contribution in [1.29, 1.82) is 0 Å². The summed E-state index contributed by atoms with van der Waals surface area (Å²) in [6, 6.07) is 9.12. The molecule has 31 heavy (non-hydrogen) atoms. The molecule has 1 heterocycles. The Morgan fingerprint density at radius 2 is 1.42 bits per heavy atom. The molecule has 1 amide bonds. The highest BCUT2D eigenvalue weighted by molar-refractivity contribution is 7.89. The number of amides is 1. The lowest BCUT2D eigenvalue weighted by molar-refractivity contribution is 0.0698. The molecule has 168 valence electrons. The van der Waals surface area contributed by atoms with Crippen LogP contribution < -0.4 is 4.74 Å². The molecule has 1 saturated heterocycles. The van der Waals surface area contributed by atoms with E-state index >= 15 is 0 Å². The zero-order chi connectivity index (χ0) is 22.9. The van der Waals surface area contributed by atoms with Gasteiger partial charge in [-0.1, -0.05) is 6.07 Å². The first-order valence-corrected chi connectivity index (χ1v) is 12.1. The van der Waals surface area contributed by atoms with Crippen molar-refractivity contribution in [2.24, 2.45) is 0 Å². The van der Waals surface area contributed by atoms with Gasteiger partial charge >= 0.3 is 0 Å². The third-order valence-corrected chi connectivity index (χ3v) is 8.07. The number of rotatable bonds is 5. The Balaban J connectivity index is 1.73. The number of sulfonamides is 1. The summed E-state index contributed by atoms with van der Waals surface area (Å²) in [5.41, 5.74) is 4.12. The van der Waals surface area contributed by atoms with Crippen LogP contribution in [0.4, 0.5) is 0 Å². The van der Waals surface area contributed by atoms with Crippen LogP contribution in [0.25, 0.3) is 0 Å². The van der Waals surface area contributed by atoms with E-state index in [4.69, 9.17) is 4.74 Å². The van der Waals surface area contributed by atoms with Gasteiger partial charge in [0, 0.05) is 31.7 Å². The number of hydrogen-bond acceptors (Lipinski definition) is 4. The zero-order valence-electron chi connectivity index (χ0n) is 19.2. The van der Waals surface area contributed by atoms with Crippen LogP contribution >= 0.6 is 0 Å². The first-order valence-electron chi connectivity index (χ1n) is 10.7. The van der Waals surface area contributed by atoms with Gasteiger partial charge in [0.1, 0.15) is 5.75 Å². The molecular weight excluding hydrogens is 412 g/mol. The number of hydrogen-bond donors (Lipinski definition) is 0. The van der Waals surface area contributed by atoms with Crippen molar-refractivity contribution in [2.45, 2.75) is 52.5 Å². The molecule has 0 radical (unpaired) electrons. The van der Waals surface area contributed by atoms with Gasteiger partial charge in [0.2, 0.25) is 10.0 Å². The smallest absolute Gasteiger partial charge is 0.253 e. The SMILES string of the molecule is Cc1cc(C)c(C)c(S(=O)(=O)N2CCN(C(=O)c3ccc(OC(C)C)cc3)CC2)c1C. The molecular formula is C24H32N2O4S. The monoisotopic (exact) mass is 444 g/mol. The second-order valence-corrected chi connectivity index (χ2v) is 10.4. The molecule has 6 nitrogen and oxygen atoms in total. The van der Waals surface area contributed by atoms with Gasteiger partial charge in [-0.25, -0.2) is 8.42 Å². The Hall–Kier alpha value is -2.38. The number of nitrogens with zero attached hydrogens (tertiary/aromatic N) is 2. The third kappa shape index (κ3) is 4.77. The van der Waals surface area contributed by atoms with E-state index in [1.165, 1.54) is 4.31 Å². The van der Waals surface area contributed by atoms with Crippen molar-refractivity contribution >= 4 is 15.9 Å². The number of carbonyl (C=O) groups is 1. The maximum absolute atomic E-state index is 13.4. The molecule has 0 saturated carbocycles. The first-order chi connectivity index (χ1) is 14.5. The third-order valence-electron chi connectivity index (χ3n) is 5.89. The summed E-state index contributed by atoms with van der Waals surface area (Å²) in [6.07, 6.45) is 0.0704. The Kier molecular flexibility index (Phi) is 6.76. The molecule has 0 aliphatic carbocycles.